The number of nitrogens with one attached hydrogen (secondary N) is 2. The van der Waals surface area contributed by atoms with E-state index in [9.17, 15) is 0 Å². The average molecular weight is 234 g/mol. The van der Waals surface area contributed by atoms with Crippen LogP contribution in [-0.4, -0.2) is 30.0 Å². The van der Waals surface area contributed by atoms with Gasteiger partial charge in [0.15, 0.2) is 0 Å². The third-order valence-corrected chi connectivity index (χ3v) is 1.97. The maximum absolute atomic E-state index is 5.24. The summed E-state index contributed by atoms with van der Waals surface area (Å²) in [6, 6.07) is 1.98. The summed E-state index contributed by atoms with van der Waals surface area (Å²) in [6.07, 6.45) is 4.06. The molecule has 0 aliphatic rings. The second kappa shape index (κ2) is 9.96. The summed E-state index contributed by atoms with van der Waals surface area (Å²) in [5, 5.41) is 10.1. The lowest BCUT2D eigenvalue weighted by Crippen LogP contribution is -2.15. The maximum Gasteiger partial charge on any atom is 0.0490 e. The third kappa shape index (κ3) is 7.36. The number of H-pyrrole nitrogens is 1. The van der Waals surface area contributed by atoms with Gasteiger partial charge in [0.05, 0.1) is 0 Å². The normalized spacial score (nSPS) is 9.93. The van der Waals surface area contributed by atoms with Crippen molar-refractivity contribution in [3.05, 3.63) is 18.0 Å². The van der Waals surface area contributed by atoms with Crippen molar-refractivity contribution >= 4 is 12.4 Å². The third-order valence-electron chi connectivity index (χ3n) is 1.97. The molecule has 0 spiro atoms. The number of ether oxygens (including phenoxy) is 1. The lowest BCUT2D eigenvalue weighted by atomic mass is 10.3. The van der Waals surface area contributed by atoms with Crippen molar-refractivity contribution in [3.63, 3.8) is 0 Å². The van der Waals surface area contributed by atoms with Crippen molar-refractivity contribution in [2.75, 3.05) is 19.8 Å². The van der Waals surface area contributed by atoms with Crippen molar-refractivity contribution < 1.29 is 4.74 Å². The number of unbranched alkanes of at least 4 members (excludes halogenated alkanes) is 1. The minimum atomic E-state index is 0. The van der Waals surface area contributed by atoms with Crippen LogP contribution in [0.1, 0.15) is 25.5 Å². The van der Waals surface area contributed by atoms with Crippen molar-refractivity contribution in [2.24, 2.45) is 0 Å². The van der Waals surface area contributed by atoms with Crippen LogP contribution >= 0.6 is 12.4 Å². The molecule has 0 atom stereocenters. The maximum atomic E-state index is 5.24. The second-order valence-electron chi connectivity index (χ2n) is 3.16. The highest BCUT2D eigenvalue weighted by atomic mass is 35.5. The smallest absolute Gasteiger partial charge is 0.0490 e. The Labute approximate surface area is 97.2 Å². The van der Waals surface area contributed by atoms with E-state index in [0.717, 1.165) is 44.8 Å². The summed E-state index contributed by atoms with van der Waals surface area (Å²) >= 11 is 0. The number of hydrogen-bond donors (Lipinski definition) is 2. The summed E-state index contributed by atoms with van der Waals surface area (Å²) in [5.74, 6) is 0. The molecule has 0 bridgehead atoms. The summed E-state index contributed by atoms with van der Waals surface area (Å²) < 4.78 is 5.24. The van der Waals surface area contributed by atoms with E-state index >= 15 is 0 Å². The first-order valence-electron chi connectivity index (χ1n) is 5.20. The molecule has 2 N–H and O–H groups in total. The summed E-state index contributed by atoms with van der Waals surface area (Å²) in [7, 11) is 0. The predicted octanol–water partition coefficient (Wildman–Crippen LogP) is 1.74. The van der Waals surface area contributed by atoms with Crippen LogP contribution in [0.4, 0.5) is 0 Å². The van der Waals surface area contributed by atoms with Gasteiger partial charge in [-0.1, -0.05) is 0 Å². The monoisotopic (exact) mass is 233 g/mol. The summed E-state index contributed by atoms with van der Waals surface area (Å²) in [5.41, 5.74) is 1.13. The van der Waals surface area contributed by atoms with E-state index in [4.69, 9.17) is 4.74 Å². The molecule has 15 heavy (non-hydrogen) atoms. The van der Waals surface area contributed by atoms with Gasteiger partial charge < -0.3 is 10.1 Å². The zero-order valence-corrected chi connectivity index (χ0v) is 9.98. The molecule has 0 aliphatic carbocycles. The van der Waals surface area contributed by atoms with Crippen molar-refractivity contribution in [2.45, 2.75) is 26.3 Å². The number of rotatable bonds is 8. The number of aromatic amines is 1. The molecule has 0 unspecified atom stereocenters. The molecular formula is C10H20ClN3O. The molecule has 0 aliphatic heterocycles. The minimum absolute atomic E-state index is 0. The van der Waals surface area contributed by atoms with Crippen LogP contribution in [-0.2, 0) is 11.3 Å². The van der Waals surface area contributed by atoms with E-state index in [2.05, 4.69) is 15.5 Å². The molecule has 1 aromatic rings. The van der Waals surface area contributed by atoms with Crippen LogP contribution in [0.5, 0.6) is 0 Å². The Morgan fingerprint density at radius 1 is 1.47 bits per heavy atom. The highest BCUT2D eigenvalue weighted by molar-refractivity contribution is 5.85. The molecule has 1 heterocycles. The van der Waals surface area contributed by atoms with Crippen LogP contribution in [0.3, 0.4) is 0 Å². The summed E-state index contributed by atoms with van der Waals surface area (Å²) in [4.78, 5) is 0. The largest absolute Gasteiger partial charge is 0.382 e. The first-order valence-corrected chi connectivity index (χ1v) is 5.20. The Hall–Kier alpha value is -0.580. The van der Waals surface area contributed by atoms with Crippen molar-refractivity contribution in [3.8, 4) is 0 Å². The molecule has 0 radical (unpaired) electrons. The predicted molar refractivity (Wildman–Crippen MR) is 63.3 cm³/mol. The highest BCUT2D eigenvalue weighted by Crippen LogP contribution is 1.92. The van der Waals surface area contributed by atoms with Crippen molar-refractivity contribution in [1.29, 1.82) is 0 Å². The fourth-order valence-corrected chi connectivity index (χ4v) is 1.20. The molecule has 0 fully saturated rings. The van der Waals surface area contributed by atoms with Crippen molar-refractivity contribution in [1.82, 2.24) is 15.5 Å². The molecule has 0 saturated carbocycles. The van der Waals surface area contributed by atoms with Gasteiger partial charge in [0, 0.05) is 31.6 Å². The van der Waals surface area contributed by atoms with E-state index in [-0.39, 0.29) is 12.4 Å². The molecule has 88 valence electrons. The van der Waals surface area contributed by atoms with Gasteiger partial charge in [-0.25, -0.2) is 0 Å². The van der Waals surface area contributed by atoms with Crippen LogP contribution in [0.15, 0.2) is 12.3 Å². The lowest BCUT2D eigenvalue weighted by Gasteiger charge is -2.03. The Balaban J connectivity index is 0.00000196. The topological polar surface area (TPSA) is 49.9 Å². The number of hydrogen-bond acceptors (Lipinski definition) is 3. The molecule has 5 heteroatoms. The highest BCUT2D eigenvalue weighted by Gasteiger charge is 1.92. The fourth-order valence-electron chi connectivity index (χ4n) is 1.20. The zero-order chi connectivity index (χ0) is 10.1. The zero-order valence-electron chi connectivity index (χ0n) is 9.16. The van der Waals surface area contributed by atoms with Gasteiger partial charge in [0.25, 0.3) is 0 Å². The first-order chi connectivity index (χ1) is 6.93. The van der Waals surface area contributed by atoms with Gasteiger partial charge in [-0.15, -0.1) is 12.4 Å². The number of nitrogens with zero attached hydrogens (tertiary/aromatic N) is 1. The fraction of sp³-hybridized carbons (Fsp3) is 0.700. The Morgan fingerprint density at radius 3 is 3.00 bits per heavy atom. The Bertz CT molecular complexity index is 216. The van der Waals surface area contributed by atoms with E-state index < -0.39 is 0 Å². The van der Waals surface area contributed by atoms with Crippen LogP contribution in [0.25, 0.3) is 0 Å². The Kier molecular flexibility index (Phi) is 9.57. The molecule has 0 saturated heterocycles. The van der Waals surface area contributed by atoms with Gasteiger partial charge in [-0.05, 0) is 32.4 Å². The number of aromatic nitrogens is 2. The van der Waals surface area contributed by atoms with Crippen LogP contribution in [0, 0.1) is 0 Å². The van der Waals surface area contributed by atoms with Gasteiger partial charge >= 0.3 is 0 Å². The number of halogens is 1. The van der Waals surface area contributed by atoms with Gasteiger partial charge in [0.1, 0.15) is 0 Å². The SMILES string of the molecule is CCOCCCCNCc1ccn[nH]1.Cl. The lowest BCUT2D eigenvalue weighted by molar-refractivity contribution is 0.143. The first kappa shape index (κ1) is 14.4. The quantitative estimate of drug-likeness (QED) is 0.673. The van der Waals surface area contributed by atoms with Gasteiger partial charge in [-0.2, -0.15) is 5.10 Å². The van der Waals surface area contributed by atoms with E-state index in [1.165, 1.54) is 0 Å². The molecular weight excluding hydrogens is 214 g/mol. The molecule has 1 rings (SSSR count). The van der Waals surface area contributed by atoms with Crippen LogP contribution in [0.2, 0.25) is 0 Å². The molecule has 1 aromatic heterocycles. The van der Waals surface area contributed by atoms with E-state index in [1.807, 2.05) is 13.0 Å². The standard InChI is InChI=1S/C10H19N3O.ClH/c1-2-14-8-4-3-6-11-9-10-5-7-12-13-10;/h5,7,11H,2-4,6,8-9H2,1H3,(H,12,13);1H. The second-order valence-corrected chi connectivity index (χ2v) is 3.16. The van der Waals surface area contributed by atoms with E-state index in [1.54, 1.807) is 6.20 Å². The summed E-state index contributed by atoms with van der Waals surface area (Å²) in [6.45, 7) is 5.63. The average Bonchev–Trinajstić information content (AvgIpc) is 2.69. The van der Waals surface area contributed by atoms with Gasteiger partial charge in [-0.3, -0.25) is 5.10 Å². The molecule has 0 aromatic carbocycles. The Morgan fingerprint density at radius 2 is 2.33 bits per heavy atom. The minimum Gasteiger partial charge on any atom is -0.382 e. The van der Waals surface area contributed by atoms with E-state index in [0.29, 0.717) is 0 Å². The van der Waals surface area contributed by atoms with Crippen LogP contribution < -0.4 is 5.32 Å². The molecule has 4 nitrogen and oxygen atoms in total. The molecule has 0 amide bonds. The van der Waals surface area contributed by atoms with Gasteiger partial charge in [0.2, 0.25) is 0 Å².